The highest BCUT2D eigenvalue weighted by atomic mass is 32.1. The lowest BCUT2D eigenvalue weighted by atomic mass is 10.2. The molecule has 0 spiro atoms. The van der Waals surface area contributed by atoms with Gasteiger partial charge in [0.15, 0.2) is 0 Å². The van der Waals surface area contributed by atoms with Crippen molar-refractivity contribution in [1.82, 2.24) is 15.2 Å². The maximum absolute atomic E-state index is 12.6. The van der Waals surface area contributed by atoms with Gasteiger partial charge in [0.25, 0.3) is 5.91 Å². The van der Waals surface area contributed by atoms with E-state index in [0.717, 1.165) is 29.4 Å². The van der Waals surface area contributed by atoms with Crippen LogP contribution in [-0.2, 0) is 0 Å². The van der Waals surface area contributed by atoms with Gasteiger partial charge in [0.2, 0.25) is 0 Å². The molecule has 1 atom stereocenters. The lowest BCUT2D eigenvalue weighted by Crippen LogP contribution is -2.37. The number of furan rings is 1. The van der Waals surface area contributed by atoms with Gasteiger partial charge in [-0.3, -0.25) is 9.69 Å². The second kappa shape index (κ2) is 8.78. The Morgan fingerprint density at radius 1 is 1.19 bits per heavy atom. The van der Waals surface area contributed by atoms with Gasteiger partial charge in [0.05, 0.1) is 18.5 Å². The molecule has 6 heteroatoms. The molecule has 0 radical (unpaired) electrons. The van der Waals surface area contributed by atoms with E-state index in [1.165, 1.54) is 11.3 Å². The molecule has 5 nitrogen and oxygen atoms in total. The van der Waals surface area contributed by atoms with Crippen molar-refractivity contribution in [1.29, 1.82) is 0 Å². The third kappa shape index (κ3) is 4.20. The van der Waals surface area contributed by atoms with Crippen LogP contribution in [0.1, 0.15) is 35.3 Å². The van der Waals surface area contributed by atoms with Crippen LogP contribution in [0.15, 0.2) is 59.3 Å². The number of hydrogen-bond donors (Lipinski definition) is 1. The van der Waals surface area contributed by atoms with Crippen LogP contribution in [0.4, 0.5) is 0 Å². The highest BCUT2D eigenvalue weighted by molar-refractivity contribution is 7.16. The van der Waals surface area contributed by atoms with E-state index in [2.05, 4.69) is 29.0 Å². The highest BCUT2D eigenvalue weighted by Gasteiger charge is 2.22. The van der Waals surface area contributed by atoms with Crippen molar-refractivity contribution in [3.63, 3.8) is 0 Å². The topological polar surface area (TPSA) is 58.4 Å². The van der Waals surface area contributed by atoms with Gasteiger partial charge < -0.3 is 9.73 Å². The number of rotatable bonds is 8. The van der Waals surface area contributed by atoms with E-state index < -0.39 is 0 Å². The van der Waals surface area contributed by atoms with E-state index in [0.29, 0.717) is 11.4 Å². The summed E-state index contributed by atoms with van der Waals surface area (Å²) in [5, 5.41) is 3.88. The van der Waals surface area contributed by atoms with Crippen molar-refractivity contribution >= 4 is 17.2 Å². The Morgan fingerprint density at radius 2 is 1.96 bits per heavy atom. The first-order chi connectivity index (χ1) is 12.7. The van der Waals surface area contributed by atoms with Crippen molar-refractivity contribution in [2.75, 3.05) is 19.6 Å². The largest absolute Gasteiger partial charge is 0.468 e. The van der Waals surface area contributed by atoms with E-state index in [-0.39, 0.29) is 11.9 Å². The molecule has 1 amide bonds. The van der Waals surface area contributed by atoms with Crippen molar-refractivity contribution in [3.05, 3.63) is 65.6 Å². The molecule has 1 aromatic carbocycles. The minimum absolute atomic E-state index is 0.0189. The summed E-state index contributed by atoms with van der Waals surface area (Å²) in [6.45, 7) is 6.48. The summed E-state index contributed by atoms with van der Waals surface area (Å²) in [5.74, 6) is 0.761. The van der Waals surface area contributed by atoms with Crippen molar-refractivity contribution in [2.45, 2.75) is 19.9 Å². The summed E-state index contributed by atoms with van der Waals surface area (Å²) in [4.78, 5) is 19.8. The van der Waals surface area contributed by atoms with E-state index in [9.17, 15) is 4.79 Å². The minimum atomic E-state index is -0.103. The average molecular weight is 369 g/mol. The average Bonchev–Trinajstić information content (AvgIpc) is 3.37. The van der Waals surface area contributed by atoms with Gasteiger partial charge in [-0.2, -0.15) is 0 Å². The number of aromatic nitrogens is 1. The fourth-order valence-electron chi connectivity index (χ4n) is 2.92. The summed E-state index contributed by atoms with van der Waals surface area (Å²) in [6, 6.07) is 13.7. The van der Waals surface area contributed by atoms with Crippen LogP contribution in [0.25, 0.3) is 10.6 Å². The van der Waals surface area contributed by atoms with Gasteiger partial charge >= 0.3 is 0 Å². The van der Waals surface area contributed by atoms with Crippen LogP contribution in [0.5, 0.6) is 0 Å². The normalized spacial score (nSPS) is 12.3. The standard InChI is InChI=1S/C20H23N3O2S/c1-3-23(4-2)16(17-11-8-12-25-17)13-21-19(24)18-14-22-20(26-18)15-9-6-5-7-10-15/h5-12,14,16H,3-4,13H2,1-2H3,(H,21,24). The Morgan fingerprint density at radius 3 is 2.62 bits per heavy atom. The van der Waals surface area contributed by atoms with Gasteiger partial charge in [-0.25, -0.2) is 4.98 Å². The molecule has 136 valence electrons. The molecular formula is C20H23N3O2S. The quantitative estimate of drug-likeness (QED) is 0.646. The monoisotopic (exact) mass is 369 g/mol. The summed E-state index contributed by atoms with van der Waals surface area (Å²) in [7, 11) is 0. The molecular weight excluding hydrogens is 346 g/mol. The van der Waals surface area contributed by atoms with E-state index in [1.807, 2.05) is 42.5 Å². The Labute approximate surface area is 157 Å². The smallest absolute Gasteiger partial charge is 0.263 e. The number of benzene rings is 1. The lowest BCUT2D eigenvalue weighted by molar-refractivity contribution is 0.0933. The van der Waals surface area contributed by atoms with Crippen molar-refractivity contribution < 1.29 is 9.21 Å². The molecule has 2 aromatic heterocycles. The molecule has 0 fully saturated rings. The molecule has 1 unspecified atom stereocenters. The van der Waals surface area contributed by atoms with E-state index >= 15 is 0 Å². The Hall–Kier alpha value is -2.44. The number of nitrogens with one attached hydrogen (secondary N) is 1. The van der Waals surface area contributed by atoms with Gasteiger partial charge in [-0.05, 0) is 25.2 Å². The molecule has 0 aliphatic carbocycles. The fourth-order valence-corrected chi connectivity index (χ4v) is 3.76. The zero-order valence-electron chi connectivity index (χ0n) is 15.0. The minimum Gasteiger partial charge on any atom is -0.468 e. The summed E-state index contributed by atoms with van der Waals surface area (Å²) in [5.41, 5.74) is 1.02. The number of likely N-dealkylation sites (N-methyl/N-ethyl adjacent to an activating group) is 1. The molecule has 0 saturated heterocycles. The Kier molecular flexibility index (Phi) is 6.20. The SMILES string of the molecule is CCN(CC)C(CNC(=O)c1cnc(-c2ccccc2)s1)c1ccco1. The zero-order chi connectivity index (χ0) is 18.4. The van der Waals surface area contributed by atoms with Crippen LogP contribution in [0.3, 0.4) is 0 Å². The van der Waals surface area contributed by atoms with Gasteiger partial charge in [0.1, 0.15) is 15.6 Å². The number of amides is 1. The molecule has 0 aliphatic heterocycles. The molecule has 3 aromatic rings. The summed E-state index contributed by atoms with van der Waals surface area (Å²) >= 11 is 1.40. The van der Waals surface area contributed by atoms with Crippen LogP contribution in [0, 0.1) is 0 Å². The predicted molar refractivity (Wildman–Crippen MR) is 104 cm³/mol. The van der Waals surface area contributed by atoms with Crippen LogP contribution < -0.4 is 5.32 Å². The Balaban J connectivity index is 1.68. The second-order valence-electron chi connectivity index (χ2n) is 5.86. The third-order valence-corrected chi connectivity index (χ3v) is 5.38. The zero-order valence-corrected chi connectivity index (χ0v) is 15.8. The third-order valence-electron chi connectivity index (χ3n) is 4.33. The molecule has 2 heterocycles. The molecule has 3 rings (SSSR count). The number of thiazole rings is 1. The summed E-state index contributed by atoms with van der Waals surface area (Å²) < 4.78 is 5.58. The van der Waals surface area contributed by atoms with E-state index in [4.69, 9.17) is 4.42 Å². The first kappa shape index (κ1) is 18.4. The number of nitrogens with zero attached hydrogens (tertiary/aromatic N) is 2. The van der Waals surface area contributed by atoms with E-state index in [1.54, 1.807) is 12.5 Å². The molecule has 26 heavy (non-hydrogen) atoms. The van der Waals surface area contributed by atoms with Crippen molar-refractivity contribution in [3.8, 4) is 10.6 Å². The van der Waals surface area contributed by atoms with Gasteiger partial charge in [0, 0.05) is 12.1 Å². The number of carbonyl (C=O) groups is 1. The fraction of sp³-hybridized carbons (Fsp3) is 0.300. The lowest BCUT2D eigenvalue weighted by Gasteiger charge is -2.28. The summed E-state index contributed by atoms with van der Waals surface area (Å²) in [6.07, 6.45) is 3.31. The molecule has 1 N–H and O–H groups in total. The first-order valence-corrected chi connectivity index (χ1v) is 9.61. The highest BCUT2D eigenvalue weighted by Crippen LogP contribution is 2.25. The first-order valence-electron chi connectivity index (χ1n) is 8.79. The van der Waals surface area contributed by atoms with Crippen LogP contribution >= 0.6 is 11.3 Å². The van der Waals surface area contributed by atoms with Gasteiger partial charge in [-0.15, -0.1) is 11.3 Å². The Bertz CT molecular complexity index is 811. The molecule has 0 bridgehead atoms. The predicted octanol–water partition coefficient (Wildman–Crippen LogP) is 4.22. The molecule has 0 saturated carbocycles. The molecule has 0 aliphatic rings. The van der Waals surface area contributed by atoms with Crippen LogP contribution in [0.2, 0.25) is 0 Å². The van der Waals surface area contributed by atoms with Crippen molar-refractivity contribution in [2.24, 2.45) is 0 Å². The van der Waals surface area contributed by atoms with Crippen LogP contribution in [-0.4, -0.2) is 35.4 Å². The number of hydrogen-bond acceptors (Lipinski definition) is 5. The maximum atomic E-state index is 12.6. The second-order valence-corrected chi connectivity index (χ2v) is 6.89. The van der Waals surface area contributed by atoms with Gasteiger partial charge in [-0.1, -0.05) is 44.2 Å². The maximum Gasteiger partial charge on any atom is 0.263 e. The number of carbonyl (C=O) groups excluding carboxylic acids is 1.